The molecule has 0 saturated heterocycles. The van der Waals surface area contributed by atoms with Crippen LogP contribution in [-0.2, 0) is 9.53 Å². The lowest BCUT2D eigenvalue weighted by atomic mass is 10.2. The highest BCUT2D eigenvalue weighted by atomic mass is 35.5. The van der Waals surface area contributed by atoms with Crippen molar-refractivity contribution in [2.45, 2.75) is 19.9 Å². The lowest BCUT2D eigenvalue weighted by molar-refractivity contribution is -0.121. The summed E-state index contributed by atoms with van der Waals surface area (Å²) >= 11 is 0. The first-order chi connectivity index (χ1) is 8.63. The molecule has 1 heterocycles. The highest BCUT2D eigenvalue weighted by Gasteiger charge is 2.17. The van der Waals surface area contributed by atoms with Gasteiger partial charge in [-0.05, 0) is 25.1 Å². The molecule has 0 radical (unpaired) electrons. The average molecular weight is 291 g/mol. The molecular formula is C13H23ClN2O3. The van der Waals surface area contributed by atoms with Gasteiger partial charge < -0.3 is 19.8 Å². The van der Waals surface area contributed by atoms with Crippen molar-refractivity contribution in [3.8, 4) is 0 Å². The molecule has 0 aliphatic heterocycles. The molecule has 1 rings (SSSR count). The number of hydrogen-bond acceptors (Lipinski definition) is 4. The predicted octanol–water partition coefficient (Wildman–Crippen LogP) is 1.75. The van der Waals surface area contributed by atoms with E-state index in [0.717, 1.165) is 0 Å². The zero-order valence-corrected chi connectivity index (χ0v) is 12.5. The summed E-state index contributed by atoms with van der Waals surface area (Å²) in [6, 6.07) is 3.40. The van der Waals surface area contributed by atoms with E-state index >= 15 is 0 Å². The van der Waals surface area contributed by atoms with E-state index in [1.807, 2.05) is 6.07 Å². The molecule has 19 heavy (non-hydrogen) atoms. The molecule has 1 unspecified atom stereocenters. The monoisotopic (exact) mass is 290 g/mol. The summed E-state index contributed by atoms with van der Waals surface area (Å²) in [5, 5.41) is 5.68. The lowest BCUT2D eigenvalue weighted by Crippen LogP contribution is -2.37. The van der Waals surface area contributed by atoms with Gasteiger partial charge in [0.15, 0.2) is 0 Å². The Kier molecular flexibility index (Phi) is 9.30. The van der Waals surface area contributed by atoms with Gasteiger partial charge in [-0.2, -0.15) is 0 Å². The van der Waals surface area contributed by atoms with Crippen LogP contribution in [0.5, 0.6) is 0 Å². The number of furan rings is 1. The second-order valence-electron chi connectivity index (χ2n) is 4.60. The Morgan fingerprint density at radius 1 is 1.42 bits per heavy atom. The minimum absolute atomic E-state index is 0. The fourth-order valence-corrected chi connectivity index (χ4v) is 1.51. The number of carbonyl (C=O) groups excluding carboxylic acids is 1. The van der Waals surface area contributed by atoms with Gasteiger partial charge >= 0.3 is 0 Å². The topological polar surface area (TPSA) is 63.5 Å². The van der Waals surface area contributed by atoms with Crippen molar-refractivity contribution >= 4 is 18.3 Å². The molecule has 1 aromatic rings. The van der Waals surface area contributed by atoms with E-state index in [1.165, 1.54) is 0 Å². The van der Waals surface area contributed by atoms with E-state index < -0.39 is 0 Å². The number of hydrogen-bond donors (Lipinski definition) is 2. The van der Waals surface area contributed by atoms with Crippen molar-refractivity contribution in [2.24, 2.45) is 5.92 Å². The molecule has 5 nitrogen and oxygen atoms in total. The number of nitrogens with one attached hydrogen (secondary N) is 2. The first kappa shape index (κ1) is 18.0. The molecule has 0 bridgehead atoms. The molecule has 0 fully saturated rings. The van der Waals surface area contributed by atoms with Crippen LogP contribution in [0.3, 0.4) is 0 Å². The first-order valence-corrected chi connectivity index (χ1v) is 6.18. The van der Waals surface area contributed by atoms with Crippen LogP contribution in [0.2, 0.25) is 0 Å². The van der Waals surface area contributed by atoms with Gasteiger partial charge in [-0.3, -0.25) is 4.79 Å². The van der Waals surface area contributed by atoms with E-state index in [1.54, 1.807) is 19.4 Å². The van der Waals surface area contributed by atoms with Gasteiger partial charge in [0.1, 0.15) is 11.8 Å². The molecule has 2 N–H and O–H groups in total. The Balaban J connectivity index is 0.00000324. The molecule has 6 heteroatoms. The number of ether oxygens (including phenoxy) is 1. The second kappa shape index (κ2) is 9.83. The number of rotatable bonds is 8. The smallest absolute Gasteiger partial charge is 0.234 e. The zero-order chi connectivity index (χ0) is 13.4. The quantitative estimate of drug-likeness (QED) is 0.766. The third-order valence-corrected chi connectivity index (χ3v) is 2.29. The van der Waals surface area contributed by atoms with Gasteiger partial charge in [-0.1, -0.05) is 13.8 Å². The SMILES string of the molecule is CNCC(=O)NC(COCC(C)C)c1ccco1.Cl. The molecule has 0 aliphatic rings. The summed E-state index contributed by atoms with van der Waals surface area (Å²) in [6.07, 6.45) is 1.59. The Labute approximate surface area is 120 Å². The summed E-state index contributed by atoms with van der Waals surface area (Å²) in [5.74, 6) is 1.10. The molecule has 1 aromatic heterocycles. The number of halogens is 1. The molecule has 1 amide bonds. The van der Waals surface area contributed by atoms with Crippen molar-refractivity contribution in [1.29, 1.82) is 0 Å². The Bertz CT molecular complexity index is 342. The molecule has 0 aromatic carbocycles. The molecular weight excluding hydrogens is 268 g/mol. The predicted molar refractivity (Wildman–Crippen MR) is 76.4 cm³/mol. The van der Waals surface area contributed by atoms with Crippen LogP contribution >= 0.6 is 12.4 Å². The fourth-order valence-electron chi connectivity index (χ4n) is 1.51. The van der Waals surface area contributed by atoms with Gasteiger partial charge in [0.25, 0.3) is 0 Å². The summed E-state index contributed by atoms with van der Waals surface area (Å²) in [4.78, 5) is 11.6. The Morgan fingerprint density at radius 3 is 2.68 bits per heavy atom. The van der Waals surface area contributed by atoms with Gasteiger partial charge in [0.05, 0.1) is 19.4 Å². The molecule has 0 spiro atoms. The van der Waals surface area contributed by atoms with Crippen LogP contribution in [0.4, 0.5) is 0 Å². The molecule has 0 saturated carbocycles. The summed E-state index contributed by atoms with van der Waals surface area (Å²) in [5.41, 5.74) is 0. The second-order valence-corrected chi connectivity index (χ2v) is 4.60. The molecule has 1 atom stereocenters. The van der Waals surface area contributed by atoms with E-state index in [0.29, 0.717) is 24.9 Å². The summed E-state index contributed by atoms with van der Waals surface area (Å²) < 4.78 is 10.9. The third-order valence-electron chi connectivity index (χ3n) is 2.29. The minimum Gasteiger partial charge on any atom is -0.467 e. The van der Waals surface area contributed by atoms with Crippen LogP contribution in [0, 0.1) is 5.92 Å². The van der Waals surface area contributed by atoms with Crippen LogP contribution < -0.4 is 10.6 Å². The Hall–Kier alpha value is -1.04. The van der Waals surface area contributed by atoms with Crippen LogP contribution in [0.15, 0.2) is 22.8 Å². The lowest BCUT2D eigenvalue weighted by Gasteiger charge is -2.17. The van der Waals surface area contributed by atoms with Gasteiger partial charge in [-0.25, -0.2) is 0 Å². The van der Waals surface area contributed by atoms with Crippen LogP contribution in [0.1, 0.15) is 25.6 Å². The van der Waals surface area contributed by atoms with E-state index in [-0.39, 0.29) is 30.9 Å². The molecule has 0 aliphatic carbocycles. The van der Waals surface area contributed by atoms with Crippen molar-refractivity contribution in [1.82, 2.24) is 10.6 Å². The maximum atomic E-state index is 11.6. The first-order valence-electron chi connectivity index (χ1n) is 6.18. The molecule has 110 valence electrons. The third kappa shape index (κ3) is 7.20. The summed E-state index contributed by atoms with van der Waals surface area (Å²) in [7, 11) is 1.73. The van der Waals surface area contributed by atoms with Gasteiger partial charge in [-0.15, -0.1) is 12.4 Å². The largest absolute Gasteiger partial charge is 0.467 e. The number of amides is 1. The van der Waals surface area contributed by atoms with Crippen LogP contribution in [0.25, 0.3) is 0 Å². The minimum atomic E-state index is -0.236. The van der Waals surface area contributed by atoms with E-state index in [4.69, 9.17) is 9.15 Å². The van der Waals surface area contributed by atoms with Gasteiger partial charge in [0, 0.05) is 6.61 Å². The van der Waals surface area contributed by atoms with Crippen LogP contribution in [-0.4, -0.2) is 32.7 Å². The standard InChI is InChI=1S/C13H22N2O3.ClH/c1-10(2)8-17-9-11(12-5-4-6-18-12)15-13(16)7-14-3;/h4-6,10-11,14H,7-9H2,1-3H3,(H,15,16);1H. The highest BCUT2D eigenvalue weighted by molar-refractivity contribution is 5.85. The average Bonchev–Trinajstić information content (AvgIpc) is 2.81. The van der Waals surface area contributed by atoms with Crippen molar-refractivity contribution < 1.29 is 13.9 Å². The normalized spacial score (nSPS) is 12.0. The number of likely N-dealkylation sites (N-methyl/N-ethyl adjacent to an activating group) is 1. The zero-order valence-electron chi connectivity index (χ0n) is 11.6. The maximum Gasteiger partial charge on any atom is 0.234 e. The van der Waals surface area contributed by atoms with Gasteiger partial charge in [0.2, 0.25) is 5.91 Å². The van der Waals surface area contributed by atoms with Crippen molar-refractivity contribution in [3.05, 3.63) is 24.2 Å². The fraction of sp³-hybridized carbons (Fsp3) is 0.615. The summed E-state index contributed by atoms with van der Waals surface area (Å²) in [6.45, 7) is 5.53. The highest BCUT2D eigenvalue weighted by Crippen LogP contribution is 2.14. The van der Waals surface area contributed by atoms with Crippen molar-refractivity contribution in [3.63, 3.8) is 0 Å². The van der Waals surface area contributed by atoms with E-state index in [9.17, 15) is 4.79 Å². The maximum absolute atomic E-state index is 11.6. The van der Waals surface area contributed by atoms with E-state index in [2.05, 4.69) is 24.5 Å². The number of carbonyl (C=O) groups is 1. The van der Waals surface area contributed by atoms with Crippen molar-refractivity contribution in [2.75, 3.05) is 26.8 Å². The Morgan fingerprint density at radius 2 is 2.16 bits per heavy atom.